The molecular formula is C20H23FN2O4. The standard InChI is InChI=1S/C20H23FN2O4/c1-13(2)12-26-17-9-3-14(4-10-17)11-23-19(24)18(27-20(22)25)15-5-7-16(21)8-6-15/h3-10,13,18H,11-12H2,1-2H3,(H2,22,25)(H,23,24)/t18-/m0/s1. The number of primary amides is 1. The number of benzene rings is 2. The Morgan fingerprint density at radius 2 is 1.70 bits per heavy atom. The van der Waals surface area contributed by atoms with Gasteiger partial charge in [-0.25, -0.2) is 9.18 Å². The predicted octanol–water partition coefficient (Wildman–Crippen LogP) is 3.31. The summed E-state index contributed by atoms with van der Waals surface area (Å²) in [5.74, 6) is 0.162. The highest BCUT2D eigenvalue weighted by molar-refractivity contribution is 5.84. The van der Waals surface area contributed by atoms with Crippen LogP contribution in [0.2, 0.25) is 0 Å². The van der Waals surface area contributed by atoms with Gasteiger partial charge in [0.05, 0.1) is 6.61 Å². The third-order valence-corrected chi connectivity index (χ3v) is 3.62. The zero-order valence-corrected chi connectivity index (χ0v) is 15.3. The molecule has 1 atom stereocenters. The van der Waals surface area contributed by atoms with Crippen molar-refractivity contribution in [1.29, 1.82) is 0 Å². The summed E-state index contributed by atoms with van der Waals surface area (Å²) in [6.07, 6.45) is -2.34. The number of carbonyl (C=O) groups is 2. The summed E-state index contributed by atoms with van der Waals surface area (Å²) in [5.41, 5.74) is 6.21. The topological polar surface area (TPSA) is 90.7 Å². The molecule has 6 nitrogen and oxygen atoms in total. The molecule has 2 rings (SSSR count). The first-order valence-corrected chi connectivity index (χ1v) is 8.56. The molecule has 0 heterocycles. The summed E-state index contributed by atoms with van der Waals surface area (Å²) in [5, 5.41) is 2.68. The van der Waals surface area contributed by atoms with Crippen molar-refractivity contribution in [2.24, 2.45) is 11.7 Å². The predicted molar refractivity (Wildman–Crippen MR) is 98.4 cm³/mol. The summed E-state index contributed by atoms with van der Waals surface area (Å²) in [6, 6.07) is 12.4. The molecule has 2 amide bonds. The van der Waals surface area contributed by atoms with Crippen LogP contribution in [0.4, 0.5) is 9.18 Å². The Morgan fingerprint density at radius 3 is 2.26 bits per heavy atom. The van der Waals surface area contributed by atoms with Gasteiger partial charge in [-0.15, -0.1) is 0 Å². The lowest BCUT2D eigenvalue weighted by Crippen LogP contribution is -2.33. The maximum absolute atomic E-state index is 13.1. The average Bonchev–Trinajstić information content (AvgIpc) is 2.64. The number of hydrogen-bond acceptors (Lipinski definition) is 4. The van der Waals surface area contributed by atoms with Crippen molar-refractivity contribution in [3.05, 3.63) is 65.5 Å². The van der Waals surface area contributed by atoms with Crippen molar-refractivity contribution in [2.45, 2.75) is 26.5 Å². The molecular weight excluding hydrogens is 351 g/mol. The highest BCUT2D eigenvalue weighted by atomic mass is 19.1. The number of nitrogens with one attached hydrogen (secondary N) is 1. The van der Waals surface area contributed by atoms with Crippen LogP contribution in [-0.4, -0.2) is 18.6 Å². The Kier molecular flexibility index (Phi) is 7.16. The van der Waals surface area contributed by atoms with E-state index in [1.165, 1.54) is 24.3 Å². The molecule has 7 heteroatoms. The number of amides is 2. The zero-order chi connectivity index (χ0) is 19.8. The zero-order valence-electron chi connectivity index (χ0n) is 15.3. The summed E-state index contributed by atoms with van der Waals surface area (Å²) in [6.45, 7) is 4.98. The molecule has 0 spiro atoms. The van der Waals surface area contributed by atoms with Crippen molar-refractivity contribution in [3.8, 4) is 5.75 Å². The van der Waals surface area contributed by atoms with Crippen LogP contribution < -0.4 is 15.8 Å². The Hall–Kier alpha value is -3.09. The Bertz CT molecular complexity index is 761. The monoisotopic (exact) mass is 374 g/mol. The maximum Gasteiger partial charge on any atom is 0.405 e. The van der Waals surface area contributed by atoms with Crippen LogP contribution in [0.25, 0.3) is 0 Å². The summed E-state index contributed by atoms with van der Waals surface area (Å²) < 4.78 is 23.6. The molecule has 0 aliphatic heterocycles. The first-order valence-electron chi connectivity index (χ1n) is 8.56. The fourth-order valence-corrected chi connectivity index (χ4v) is 2.27. The number of rotatable bonds is 8. The average molecular weight is 374 g/mol. The first kappa shape index (κ1) is 20.2. The quantitative estimate of drug-likeness (QED) is 0.742. The van der Waals surface area contributed by atoms with Crippen LogP contribution in [0, 0.1) is 11.7 Å². The molecule has 0 aromatic heterocycles. The van der Waals surface area contributed by atoms with E-state index in [4.69, 9.17) is 15.2 Å². The summed E-state index contributed by atoms with van der Waals surface area (Å²) in [4.78, 5) is 23.5. The lowest BCUT2D eigenvalue weighted by Gasteiger charge is -2.17. The molecule has 2 aromatic carbocycles. The molecule has 0 bridgehead atoms. The molecule has 0 aliphatic rings. The largest absolute Gasteiger partial charge is 0.493 e. The number of halogens is 1. The van der Waals surface area contributed by atoms with E-state index in [-0.39, 0.29) is 6.54 Å². The fraction of sp³-hybridized carbons (Fsp3) is 0.300. The second kappa shape index (κ2) is 9.56. The van der Waals surface area contributed by atoms with Crippen molar-refractivity contribution in [2.75, 3.05) is 6.61 Å². The lowest BCUT2D eigenvalue weighted by atomic mass is 10.1. The van der Waals surface area contributed by atoms with Gasteiger partial charge in [0.15, 0.2) is 0 Å². The molecule has 2 aromatic rings. The molecule has 144 valence electrons. The minimum Gasteiger partial charge on any atom is -0.493 e. The van der Waals surface area contributed by atoms with E-state index in [0.29, 0.717) is 18.1 Å². The highest BCUT2D eigenvalue weighted by Crippen LogP contribution is 2.19. The third kappa shape index (κ3) is 6.62. The number of ether oxygens (including phenoxy) is 2. The van der Waals surface area contributed by atoms with E-state index in [2.05, 4.69) is 19.2 Å². The molecule has 0 fully saturated rings. The van der Waals surface area contributed by atoms with E-state index in [0.717, 1.165) is 11.3 Å². The van der Waals surface area contributed by atoms with Crippen LogP contribution in [0.15, 0.2) is 48.5 Å². The van der Waals surface area contributed by atoms with Gasteiger partial charge in [0.2, 0.25) is 6.10 Å². The van der Waals surface area contributed by atoms with Gasteiger partial charge in [0.1, 0.15) is 11.6 Å². The van der Waals surface area contributed by atoms with Gasteiger partial charge in [0.25, 0.3) is 5.91 Å². The van der Waals surface area contributed by atoms with Crippen molar-refractivity contribution >= 4 is 12.0 Å². The molecule has 0 saturated heterocycles. The van der Waals surface area contributed by atoms with E-state index in [1.54, 1.807) is 0 Å². The van der Waals surface area contributed by atoms with Gasteiger partial charge in [-0.2, -0.15) is 0 Å². The second-order valence-corrected chi connectivity index (χ2v) is 6.44. The van der Waals surface area contributed by atoms with Gasteiger partial charge in [0, 0.05) is 12.1 Å². The first-order chi connectivity index (χ1) is 12.8. The van der Waals surface area contributed by atoms with Gasteiger partial charge in [-0.3, -0.25) is 4.79 Å². The number of carbonyl (C=O) groups excluding carboxylic acids is 2. The minimum absolute atomic E-state index is 0.225. The van der Waals surface area contributed by atoms with Crippen LogP contribution in [0.1, 0.15) is 31.1 Å². The van der Waals surface area contributed by atoms with Crippen LogP contribution in [0.3, 0.4) is 0 Å². The van der Waals surface area contributed by atoms with Crippen molar-refractivity contribution in [1.82, 2.24) is 5.32 Å². The Labute approximate surface area is 157 Å². The third-order valence-electron chi connectivity index (χ3n) is 3.62. The Balaban J connectivity index is 1.98. The lowest BCUT2D eigenvalue weighted by molar-refractivity contribution is -0.129. The number of hydrogen-bond donors (Lipinski definition) is 2. The van der Waals surface area contributed by atoms with Crippen LogP contribution >= 0.6 is 0 Å². The van der Waals surface area contributed by atoms with Crippen molar-refractivity contribution < 1.29 is 23.5 Å². The van der Waals surface area contributed by atoms with Gasteiger partial charge >= 0.3 is 6.09 Å². The smallest absolute Gasteiger partial charge is 0.405 e. The van der Waals surface area contributed by atoms with Gasteiger partial charge in [-0.05, 0) is 35.7 Å². The minimum atomic E-state index is -1.25. The molecule has 0 aliphatic carbocycles. The van der Waals surface area contributed by atoms with Gasteiger partial charge in [-0.1, -0.05) is 38.1 Å². The van der Waals surface area contributed by atoms with E-state index >= 15 is 0 Å². The normalized spacial score (nSPS) is 11.7. The highest BCUT2D eigenvalue weighted by Gasteiger charge is 2.24. The fourth-order valence-electron chi connectivity index (χ4n) is 2.27. The molecule has 0 unspecified atom stereocenters. The van der Waals surface area contributed by atoms with Crippen molar-refractivity contribution in [3.63, 3.8) is 0 Å². The van der Waals surface area contributed by atoms with E-state index in [9.17, 15) is 14.0 Å². The summed E-state index contributed by atoms with van der Waals surface area (Å²) >= 11 is 0. The van der Waals surface area contributed by atoms with Crippen LogP contribution in [-0.2, 0) is 16.1 Å². The molecule has 0 saturated carbocycles. The molecule has 3 N–H and O–H groups in total. The molecule has 0 radical (unpaired) electrons. The Morgan fingerprint density at radius 1 is 1.07 bits per heavy atom. The van der Waals surface area contributed by atoms with Gasteiger partial charge < -0.3 is 20.5 Å². The van der Waals surface area contributed by atoms with Crippen LogP contribution in [0.5, 0.6) is 5.75 Å². The summed E-state index contributed by atoms with van der Waals surface area (Å²) in [7, 11) is 0. The molecule has 27 heavy (non-hydrogen) atoms. The van der Waals surface area contributed by atoms with E-state index < -0.39 is 23.9 Å². The van der Waals surface area contributed by atoms with E-state index in [1.807, 2.05) is 24.3 Å². The second-order valence-electron chi connectivity index (χ2n) is 6.44. The maximum atomic E-state index is 13.1. The SMILES string of the molecule is CC(C)COc1ccc(CNC(=O)[C@@H](OC(N)=O)c2ccc(F)cc2)cc1. The number of nitrogens with two attached hydrogens (primary N) is 1.